The molecule has 19 heavy (non-hydrogen) atoms. The number of rotatable bonds is 3. The second kappa shape index (κ2) is 4.87. The van der Waals surface area contributed by atoms with Crippen LogP contribution in [0.15, 0.2) is 24.3 Å². The molecular formula is C14H16F3NO. The fourth-order valence-electron chi connectivity index (χ4n) is 2.05. The summed E-state index contributed by atoms with van der Waals surface area (Å²) in [5.41, 5.74) is 0.000227. The Balaban J connectivity index is 1.99. The predicted octanol–water partition coefficient (Wildman–Crippen LogP) is 3.54. The molecule has 1 aliphatic carbocycles. The van der Waals surface area contributed by atoms with Crippen molar-refractivity contribution in [3.63, 3.8) is 0 Å². The Morgan fingerprint density at radius 2 is 1.84 bits per heavy atom. The number of alkyl halides is 3. The summed E-state index contributed by atoms with van der Waals surface area (Å²) < 4.78 is 37.3. The lowest BCUT2D eigenvalue weighted by molar-refractivity contribution is -0.137. The second-order valence-corrected chi connectivity index (χ2v) is 5.17. The number of nitrogens with one attached hydrogen (secondary N) is 1. The first-order chi connectivity index (χ1) is 8.79. The van der Waals surface area contributed by atoms with Gasteiger partial charge in [-0.25, -0.2) is 0 Å². The third-order valence-electron chi connectivity index (χ3n) is 3.54. The molecule has 0 unspecified atom stereocenters. The van der Waals surface area contributed by atoms with Gasteiger partial charge in [0.2, 0.25) is 5.91 Å². The fourth-order valence-corrected chi connectivity index (χ4v) is 2.05. The summed E-state index contributed by atoms with van der Waals surface area (Å²) in [4.78, 5) is 11.7. The van der Waals surface area contributed by atoms with E-state index in [0.717, 1.165) is 18.6 Å². The van der Waals surface area contributed by atoms with E-state index in [1.165, 1.54) is 12.1 Å². The molecule has 0 heterocycles. The molecule has 5 heteroatoms. The minimum atomic E-state index is -4.32. The fraction of sp³-hybridized carbons (Fsp3) is 0.500. The lowest BCUT2D eigenvalue weighted by atomic mass is 10.1. The largest absolute Gasteiger partial charge is 0.416 e. The van der Waals surface area contributed by atoms with E-state index < -0.39 is 11.7 Å². The Hall–Kier alpha value is -1.52. The number of amides is 1. The van der Waals surface area contributed by atoms with Gasteiger partial charge in [0.05, 0.1) is 11.6 Å². The minimum absolute atomic E-state index is 0.0140. The number of benzene rings is 1. The molecule has 0 aromatic heterocycles. The van der Waals surface area contributed by atoms with Crippen molar-refractivity contribution in [3.8, 4) is 0 Å². The normalized spacial score (nSPS) is 23.8. The predicted molar refractivity (Wildman–Crippen MR) is 65.3 cm³/mol. The zero-order valence-corrected chi connectivity index (χ0v) is 10.8. The highest BCUT2D eigenvalue weighted by Crippen LogP contribution is 2.38. The van der Waals surface area contributed by atoms with Gasteiger partial charge in [0.25, 0.3) is 0 Å². The molecule has 1 amide bonds. The summed E-state index contributed by atoms with van der Waals surface area (Å²) in [6.45, 7) is 3.78. The first kappa shape index (κ1) is 13.9. The van der Waals surface area contributed by atoms with Crippen LogP contribution in [0.2, 0.25) is 0 Å². The summed E-state index contributed by atoms with van der Waals surface area (Å²) in [6.07, 6.45) is -3.43. The summed E-state index contributed by atoms with van der Waals surface area (Å²) in [5.74, 6) is 0.469. The Kier molecular flexibility index (Phi) is 3.56. The maximum atomic E-state index is 12.4. The van der Waals surface area contributed by atoms with Gasteiger partial charge in [-0.2, -0.15) is 13.2 Å². The number of hydrogen-bond acceptors (Lipinski definition) is 1. The van der Waals surface area contributed by atoms with Crippen LogP contribution in [0.4, 0.5) is 13.2 Å². The first-order valence-corrected chi connectivity index (χ1v) is 6.26. The molecular weight excluding hydrogens is 255 g/mol. The van der Waals surface area contributed by atoms with E-state index in [0.29, 0.717) is 11.5 Å². The van der Waals surface area contributed by atoms with Crippen LogP contribution in [0.1, 0.15) is 37.4 Å². The van der Waals surface area contributed by atoms with Crippen LogP contribution in [0.3, 0.4) is 0 Å². The van der Waals surface area contributed by atoms with Gasteiger partial charge in [0, 0.05) is 5.92 Å². The Labute approximate surface area is 110 Å². The summed E-state index contributed by atoms with van der Waals surface area (Å²) in [7, 11) is 0. The molecule has 1 aromatic rings. The van der Waals surface area contributed by atoms with Crippen LogP contribution < -0.4 is 5.32 Å². The number of carbonyl (C=O) groups excluding carboxylic acids is 1. The zero-order valence-electron chi connectivity index (χ0n) is 10.8. The maximum Gasteiger partial charge on any atom is 0.416 e. The molecule has 2 nitrogen and oxygen atoms in total. The average molecular weight is 271 g/mol. The molecule has 1 aliphatic rings. The molecule has 1 aromatic carbocycles. The number of halogens is 3. The third-order valence-corrected chi connectivity index (χ3v) is 3.54. The molecule has 0 aliphatic heterocycles. The van der Waals surface area contributed by atoms with Crippen molar-refractivity contribution in [2.45, 2.75) is 32.5 Å². The Morgan fingerprint density at radius 3 is 2.26 bits per heavy atom. The van der Waals surface area contributed by atoms with Gasteiger partial charge >= 0.3 is 6.18 Å². The molecule has 0 spiro atoms. The molecule has 2 rings (SSSR count). The van der Waals surface area contributed by atoms with Gasteiger partial charge < -0.3 is 5.32 Å². The van der Waals surface area contributed by atoms with Crippen LogP contribution in [0.25, 0.3) is 0 Å². The quantitative estimate of drug-likeness (QED) is 0.895. The molecule has 0 bridgehead atoms. The molecule has 1 saturated carbocycles. The molecule has 1 fully saturated rings. The van der Waals surface area contributed by atoms with Crippen molar-refractivity contribution in [1.82, 2.24) is 5.32 Å². The Morgan fingerprint density at radius 1 is 1.32 bits per heavy atom. The standard InChI is InChI=1S/C14H16F3NO/c1-8-7-12(8)13(19)18-9(2)10-3-5-11(6-4-10)14(15,16)17/h3-6,8-9,12H,7H2,1-2H3,(H,18,19)/t8-,9-,12+/m0/s1. The van der Waals surface area contributed by atoms with Crippen LogP contribution in [-0.4, -0.2) is 5.91 Å². The number of carbonyl (C=O) groups is 1. The van der Waals surface area contributed by atoms with Gasteiger partial charge in [0.1, 0.15) is 0 Å². The first-order valence-electron chi connectivity index (χ1n) is 6.26. The third kappa shape index (κ3) is 3.28. The van der Waals surface area contributed by atoms with E-state index in [2.05, 4.69) is 5.32 Å². The van der Waals surface area contributed by atoms with Gasteiger partial charge in [-0.15, -0.1) is 0 Å². The molecule has 1 N–H and O–H groups in total. The zero-order chi connectivity index (χ0) is 14.2. The van der Waals surface area contributed by atoms with Gasteiger partial charge in [-0.3, -0.25) is 4.79 Å². The van der Waals surface area contributed by atoms with Crippen LogP contribution >= 0.6 is 0 Å². The van der Waals surface area contributed by atoms with Crippen molar-refractivity contribution in [1.29, 1.82) is 0 Å². The van der Waals surface area contributed by atoms with Crippen molar-refractivity contribution < 1.29 is 18.0 Å². The second-order valence-electron chi connectivity index (χ2n) is 5.17. The smallest absolute Gasteiger partial charge is 0.349 e. The van der Waals surface area contributed by atoms with E-state index in [1.807, 2.05) is 6.92 Å². The topological polar surface area (TPSA) is 29.1 Å². The monoisotopic (exact) mass is 271 g/mol. The lowest BCUT2D eigenvalue weighted by Crippen LogP contribution is -2.28. The average Bonchev–Trinajstić information content (AvgIpc) is 3.05. The van der Waals surface area contributed by atoms with E-state index in [9.17, 15) is 18.0 Å². The molecule has 0 radical (unpaired) electrons. The summed E-state index contributed by atoms with van der Waals surface area (Å²) in [6, 6.07) is 4.62. The summed E-state index contributed by atoms with van der Waals surface area (Å²) in [5, 5.41) is 2.83. The van der Waals surface area contributed by atoms with Crippen LogP contribution in [-0.2, 0) is 11.0 Å². The minimum Gasteiger partial charge on any atom is -0.349 e. The molecule has 3 atom stereocenters. The van der Waals surface area contributed by atoms with Crippen molar-refractivity contribution in [2.75, 3.05) is 0 Å². The Bertz CT molecular complexity index is 467. The van der Waals surface area contributed by atoms with Crippen molar-refractivity contribution in [2.24, 2.45) is 11.8 Å². The van der Waals surface area contributed by atoms with Crippen molar-refractivity contribution >= 4 is 5.91 Å². The summed E-state index contributed by atoms with van der Waals surface area (Å²) >= 11 is 0. The molecule has 104 valence electrons. The maximum absolute atomic E-state index is 12.4. The van der Waals surface area contributed by atoms with E-state index in [-0.39, 0.29) is 17.9 Å². The van der Waals surface area contributed by atoms with Gasteiger partial charge in [-0.05, 0) is 37.0 Å². The van der Waals surface area contributed by atoms with E-state index >= 15 is 0 Å². The van der Waals surface area contributed by atoms with E-state index in [4.69, 9.17) is 0 Å². The lowest BCUT2D eigenvalue weighted by Gasteiger charge is -2.15. The molecule has 0 saturated heterocycles. The highest BCUT2D eigenvalue weighted by molar-refractivity contribution is 5.81. The van der Waals surface area contributed by atoms with Crippen LogP contribution in [0.5, 0.6) is 0 Å². The van der Waals surface area contributed by atoms with Gasteiger partial charge in [0.15, 0.2) is 0 Å². The van der Waals surface area contributed by atoms with Crippen LogP contribution in [0, 0.1) is 11.8 Å². The highest BCUT2D eigenvalue weighted by Gasteiger charge is 2.39. The highest BCUT2D eigenvalue weighted by atomic mass is 19.4. The number of hydrogen-bond donors (Lipinski definition) is 1. The van der Waals surface area contributed by atoms with E-state index in [1.54, 1.807) is 6.92 Å². The van der Waals surface area contributed by atoms with Gasteiger partial charge in [-0.1, -0.05) is 19.1 Å². The van der Waals surface area contributed by atoms with Crippen molar-refractivity contribution in [3.05, 3.63) is 35.4 Å². The SMILES string of the molecule is C[C@H](NC(=O)[C@@H]1C[C@@H]1C)c1ccc(C(F)(F)F)cc1.